The van der Waals surface area contributed by atoms with Gasteiger partial charge in [0.1, 0.15) is 17.4 Å². The van der Waals surface area contributed by atoms with Crippen LogP contribution >= 0.6 is 0 Å². The molecule has 2 aromatic carbocycles. The van der Waals surface area contributed by atoms with Gasteiger partial charge in [0.05, 0.1) is 17.9 Å². The van der Waals surface area contributed by atoms with E-state index >= 15 is 0 Å². The zero-order valence-electron chi connectivity index (χ0n) is 12.8. The van der Waals surface area contributed by atoms with E-state index in [1.165, 1.54) is 23.1 Å². The number of amides is 1. The highest BCUT2D eigenvalue weighted by atomic mass is 19.1. The highest BCUT2D eigenvalue weighted by Gasteiger charge is 2.34. The van der Waals surface area contributed by atoms with Gasteiger partial charge in [-0.15, -0.1) is 0 Å². The Kier molecular flexibility index (Phi) is 3.67. The number of ether oxygens (including phenoxy) is 1. The van der Waals surface area contributed by atoms with Crippen LogP contribution in [0.15, 0.2) is 30.3 Å². The Morgan fingerprint density at radius 2 is 1.91 bits per heavy atom. The van der Waals surface area contributed by atoms with E-state index in [1.54, 1.807) is 26.0 Å². The molecular weight excluding hydrogens is 302 g/mol. The summed E-state index contributed by atoms with van der Waals surface area (Å²) >= 11 is 0. The molecule has 2 N–H and O–H groups in total. The molecule has 6 heteroatoms. The third kappa shape index (κ3) is 2.60. The first-order chi connectivity index (χ1) is 10.9. The predicted molar refractivity (Wildman–Crippen MR) is 83.2 cm³/mol. The van der Waals surface area contributed by atoms with Gasteiger partial charge < -0.3 is 15.4 Å². The van der Waals surface area contributed by atoms with Crippen LogP contribution in [0, 0.1) is 18.6 Å². The Bertz CT molecular complexity index is 775. The molecule has 120 valence electrons. The fourth-order valence-electron chi connectivity index (χ4n) is 2.61. The van der Waals surface area contributed by atoms with Crippen molar-refractivity contribution in [2.24, 2.45) is 0 Å². The molecule has 1 atom stereocenters. The number of halogens is 2. The number of carbonyl (C=O) groups is 1. The highest BCUT2D eigenvalue weighted by molar-refractivity contribution is 6.00. The maximum absolute atomic E-state index is 14.0. The van der Waals surface area contributed by atoms with Crippen LogP contribution in [0.4, 0.5) is 20.2 Å². The van der Waals surface area contributed by atoms with Gasteiger partial charge >= 0.3 is 0 Å². The average Bonchev–Trinajstić information content (AvgIpc) is 2.53. The molecule has 1 aliphatic heterocycles. The van der Waals surface area contributed by atoms with E-state index in [1.807, 2.05) is 0 Å². The van der Waals surface area contributed by atoms with Gasteiger partial charge in [0.25, 0.3) is 5.91 Å². The minimum absolute atomic E-state index is 0.00651. The maximum atomic E-state index is 14.0. The molecule has 0 radical (unpaired) electrons. The van der Waals surface area contributed by atoms with Crippen molar-refractivity contribution in [1.82, 2.24) is 0 Å². The molecule has 0 saturated heterocycles. The van der Waals surface area contributed by atoms with Crippen molar-refractivity contribution in [3.8, 4) is 5.75 Å². The highest BCUT2D eigenvalue weighted by Crippen LogP contribution is 2.41. The lowest BCUT2D eigenvalue weighted by molar-refractivity contribution is -0.125. The minimum atomic E-state index is -0.702. The number of rotatable bonds is 2. The van der Waals surface area contributed by atoms with Gasteiger partial charge in [0.2, 0.25) is 0 Å². The van der Waals surface area contributed by atoms with Gasteiger partial charge in [0, 0.05) is 11.6 Å². The number of nitrogen functional groups attached to an aromatic ring is 1. The van der Waals surface area contributed by atoms with Crippen molar-refractivity contribution < 1.29 is 18.3 Å². The quantitative estimate of drug-likeness (QED) is 0.865. The number of hydrogen-bond donors (Lipinski definition) is 1. The molecule has 4 nitrogen and oxygen atoms in total. The largest absolute Gasteiger partial charge is 0.478 e. The van der Waals surface area contributed by atoms with Gasteiger partial charge in [-0.1, -0.05) is 12.1 Å². The number of nitrogens with zero attached hydrogens (tertiary/aromatic N) is 1. The zero-order chi connectivity index (χ0) is 16.7. The molecule has 1 unspecified atom stereocenters. The van der Waals surface area contributed by atoms with Crippen LogP contribution in [0.25, 0.3) is 0 Å². The molecule has 0 spiro atoms. The second kappa shape index (κ2) is 5.53. The van der Waals surface area contributed by atoms with E-state index in [0.29, 0.717) is 17.0 Å². The Morgan fingerprint density at radius 3 is 2.57 bits per heavy atom. The Hall–Kier alpha value is -2.63. The summed E-state index contributed by atoms with van der Waals surface area (Å²) in [7, 11) is 0. The molecule has 0 bridgehead atoms. The smallest absolute Gasteiger partial charge is 0.268 e. The van der Waals surface area contributed by atoms with E-state index in [4.69, 9.17) is 10.5 Å². The van der Waals surface area contributed by atoms with E-state index < -0.39 is 11.9 Å². The van der Waals surface area contributed by atoms with E-state index in [-0.39, 0.29) is 24.0 Å². The van der Waals surface area contributed by atoms with E-state index in [0.717, 1.165) is 5.56 Å². The molecular formula is C17H16F2N2O2. The molecule has 0 saturated carbocycles. The fourth-order valence-corrected chi connectivity index (χ4v) is 2.61. The van der Waals surface area contributed by atoms with Crippen molar-refractivity contribution in [3.63, 3.8) is 0 Å². The van der Waals surface area contributed by atoms with Crippen LogP contribution in [0.5, 0.6) is 5.75 Å². The van der Waals surface area contributed by atoms with Gasteiger partial charge in [-0.05, 0) is 31.5 Å². The summed E-state index contributed by atoms with van der Waals surface area (Å²) in [5, 5.41) is 0. The van der Waals surface area contributed by atoms with Crippen LogP contribution in [-0.4, -0.2) is 12.0 Å². The van der Waals surface area contributed by atoms with Crippen molar-refractivity contribution in [1.29, 1.82) is 0 Å². The summed E-state index contributed by atoms with van der Waals surface area (Å²) in [6, 6.07) is 7.01. The minimum Gasteiger partial charge on any atom is -0.478 e. The normalized spacial score (nSPS) is 17.0. The standard InChI is InChI=1S/C17H16F2N2O2/c1-9-15(20)13(19)7-14-16(9)23-10(2)17(22)21(14)8-11-3-5-12(18)6-4-11/h3-7,10H,8,20H2,1-2H3. The van der Waals surface area contributed by atoms with Gasteiger partial charge in [-0.3, -0.25) is 4.79 Å². The topological polar surface area (TPSA) is 55.6 Å². The third-order valence-electron chi connectivity index (χ3n) is 3.95. The number of nitrogens with two attached hydrogens (primary N) is 1. The van der Waals surface area contributed by atoms with Crippen LogP contribution in [0.1, 0.15) is 18.1 Å². The SMILES string of the molecule is Cc1c(N)c(F)cc2c1OC(C)C(=O)N2Cc1ccc(F)cc1. The van der Waals surface area contributed by atoms with Crippen molar-refractivity contribution >= 4 is 17.3 Å². The van der Waals surface area contributed by atoms with Gasteiger partial charge in [0.15, 0.2) is 6.10 Å². The summed E-state index contributed by atoms with van der Waals surface area (Å²) in [5.41, 5.74) is 7.23. The molecule has 2 aromatic rings. The van der Waals surface area contributed by atoms with Gasteiger partial charge in [-0.25, -0.2) is 8.78 Å². The van der Waals surface area contributed by atoms with E-state index in [2.05, 4.69) is 0 Å². The summed E-state index contributed by atoms with van der Waals surface area (Å²) in [4.78, 5) is 13.9. The fraction of sp³-hybridized carbons (Fsp3) is 0.235. The first kappa shape index (κ1) is 15.3. The predicted octanol–water partition coefficient (Wildman–Crippen LogP) is 3.17. The number of hydrogen-bond acceptors (Lipinski definition) is 3. The third-order valence-corrected chi connectivity index (χ3v) is 3.95. The Morgan fingerprint density at radius 1 is 1.26 bits per heavy atom. The summed E-state index contributed by atoms with van der Waals surface area (Å²) in [5.74, 6) is -0.842. The monoisotopic (exact) mass is 318 g/mol. The summed E-state index contributed by atoms with van der Waals surface area (Å²) < 4.78 is 32.6. The molecule has 0 aromatic heterocycles. The molecule has 1 aliphatic rings. The molecule has 23 heavy (non-hydrogen) atoms. The zero-order valence-corrected chi connectivity index (χ0v) is 12.8. The number of anilines is 2. The van der Waals surface area contributed by atoms with Crippen molar-refractivity contribution in [2.45, 2.75) is 26.5 Å². The van der Waals surface area contributed by atoms with Crippen LogP contribution in [0.3, 0.4) is 0 Å². The van der Waals surface area contributed by atoms with Crippen LogP contribution < -0.4 is 15.4 Å². The number of carbonyl (C=O) groups excluding carboxylic acids is 1. The van der Waals surface area contributed by atoms with Crippen molar-refractivity contribution in [2.75, 3.05) is 10.6 Å². The first-order valence-corrected chi connectivity index (χ1v) is 7.19. The second-order valence-corrected chi connectivity index (χ2v) is 5.56. The van der Waals surface area contributed by atoms with Gasteiger partial charge in [-0.2, -0.15) is 0 Å². The van der Waals surface area contributed by atoms with E-state index in [9.17, 15) is 13.6 Å². The van der Waals surface area contributed by atoms with Crippen LogP contribution in [0.2, 0.25) is 0 Å². The lowest BCUT2D eigenvalue weighted by Crippen LogP contribution is -2.44. The lowest BCUT2D eigenvalue weighted by atomic mass is 10.1. The number of fused-ring (bicyclic) bond motifs is 1. The number of benzene rings is 2. The summed E-state index contributed by atoms with van der Waals surface area (Å²) in [6.45, 7) is 3.47. The molecule has 0 aliphatic carbocycles. The Labute approximate surface area is 132 Å². The summed E-state index contributed by atoms with van der Waals surface area (Å²) in [6.07, 6.45) is -0.702. The maximum Gasteiger partial charge on any atom is 0.268 e. The van der Waals surface area contributed by atoms with Crippen molar-refractivity contribution in [3.05, 3.63) is 53.1 Å². The lowest BCUT2D eigenvalue weighted by Gasteiger charge is -2.34. The molecule has 0 fully saturated rings. The second-order valence-electron chi connectivity index (χ2n) is 5.56. The molecule has 3 rings (SSSR count). The van der Waals surface area contributed by atoms with Crippen LogP contribution in [-0.2, 0) is 11.3 Å². The molecule has 1 heterocycles. The Balaban J connectivity index is 2.06. The average molecular weight is 318 g/mol. The first-order valence-electron chi connectivity index (χ1n) is 7.19. The molecule has 1 amide bonds.